The van der Waals surface area contributed by atoms with Crippen molar-refractivity contribution in [1.82, 2.24) is 0 Å². The number of nitrogens with two attached hydrogens (primary N) is 1. The van der Waals surface area contributed by atoms with Gasteiger partial charge in [-0.25, -0.2) is 18.4 Å². The van der Waals surface area contributed by atoms with Crippen LogP contribution in [0.2, 0.25) is 0 Å². The van der Waals surface area contributed by atoms with Gasteiger partial charge in [-0.05, 0) is 38.7 Å². The van der Waals surface area contributed by atoms with Crippen molar-refractivity contribution in [1.29, 1.82) is 0 Å². The van der Waals surface area contributed by atoms with Gasteiger partial charge in [-0.15, -0.1) is 11.3 Å². The number of thiophene rings is 1. The third-order valence-electron chi connectivity index (χ3n) is 2.96. The van der Waals surface area contributed by atoms with Gasteiger partial charge in [0, 0.05) is 4.88 Å². The summed E-state index contributed by atoms with van der Waals surface area (Å²) in [6.07, 6.45) is 3.89. The lowest BCUT2D eigenvalue weighted by Crippen LogP contribution is -2.14. The molecule has 7 heteroatoms. The van der Waals surface area contributed by atoms with E-state index in [-0.39, 0.29) is 11.0 Å². The van der Waals surface area contributed by atoms with E-state index in [0.717, 1.165) is 37.0 Å². The predicted octanol–water partition coefficient (Wildman–Crippen LogP) is 1.80. The molecule has 100 valence electrons. The highest BCUT2D eigenvalue weighted by molar-refractivity contribution is 7.89. The van der Waals surface area contributed by atoms with Crippen molar-refractivity contribution in [2.45, 2.75) is 43.6 Å². The van der Waals surface area contributed by atoms with Crippen LogP contribution in [0.4, 0.5) is 0 Å². The lowest BCUT2D eigenvalue weighted by Gasteiger charge is -2.09. The van der Waals surface area contributed by atoms with Crippen LogP contribution in [0.1, 0.15) is 40.2 Å². The SMILES string of the molecule is Cc1sc(C(=O)OC2CCCC2)cc1S(N)(=O)=O. The van der Waals surface area contributed by atoms with Crippen LogP contribution in [0.15, 0.2) is 11.0 Å². The molecule has 0 bridgehead atoms. The molecule has 1 aromatic heterocycles. The van der Waals surface area contributed by atoms with Crippen LogP contribution in [0.5, 0.6) is 0 Å². The van der Waals surface area contributed by atoms with Crippen LogP contribution in [-0.2, 0) is 14.8 Å². The summed E-state index contributed by atoms with van der Waals surface area (Å²) in [6.45, 7) is 1.62. The first-order valence-corrected chi connectivity index (χ1v) is 8.08. The Hall–Kier alpha value is -0.920. The number of hydrogen-bond donors (Lipinski definition) is 1. The smallest absolute Gasteiger partial charge is 0.348 e. The maximum Gasteiger partial charge on any atom is 0.348 e. The molecule has 1 aliphatic rings. The van der Waals surface area contributed by atoms with Gasteiger partial charge in [-0.1, -0.05) is 0 Å². The second kappa shape index (κ2) is 4.99. The second-order valence-electron chi connectivity index (χ2n) is 4.39. The number of aryl methyl sites for hydroxylation is 1. The quantitative estimate of drug-likeness (QED) is 0.860. The van der Waals surface area contributed by atoms with Gasteiger partial charge in [0.25, 0.3) is 0 Å². The number of esters is 1. The van der Waals surface area contributed by atoms with Gasteiger partial charge in [0.2, 0.25) is 10.0 Å². The Kier molecular flexibility index (Phi) is 3.74. The number of carbonyl (C=O) groups is 1. The van der Waals surface area contributed by atoms with Gasteiger partial charge in [0.1, 0.15) is 11.0 Å². The summed E-state index contributed by atoms with van der Waals surface area (Å²) in [5, 5.41) is 5.06. The van der Waals surface area contributed by atoms with Gasteiger partial charge in [0.15, 0.2) is 0 Å². The van der Waals surface area contributed by atoms with Crippen molar-refractivity contribution < 1.29 is 17.9 Å². The number of hydrogen-bond acceptors (Lipinski definition) is 5. The van der Waals surface area contributed by atoms with E-state index >= 15 is 0 Å². The molecule has 0 atom stereocenters. The molecule has 0 spiro atoms. The van der Waals surface area contributed by atoms with Gasteiger partial charge in [-0.2, -0.15) is 0 Å². The van der Waals surface area contributed by atoms with E-state index < -0.39 is 16.0 Å². The molecule has 0 aromatic carbocycles. The normalized spacial score (nSPS) is 17.0. The van der Waals surface area contributed by atoms with Crippen LogP contribution < -0.4 is 5.14 Å². The van der Waals surface area contributed by atoms with E-state index in [1.807, 2.05) is 0 Å². The average molecular weight is 289 g/mol. The minimum Gasteiger partial charge on any atom is -0.458 e. The summed E-state index contributed by atoms with van der Waals surface area (Å²) in [5.41, 5.74) is 0. The van der Waals surface area contributed by atoms with Crippen molar-refractivity contribution >= 4 is 27.3 Å². The van der Waals surface area contributed by atoms with E-state index in [4.69, 9.17) is 9.88 Å². The molecule has 5 nitrogen and oxygen atoms in total. The molecule has 1 aliphatic carbocycles. The summed E-state index contributed by atoms with van der Waals surface area (Å²) >= 11 is 1.10. The number of carbonyl (C=O) groups excluding carboxylic acids is 1. The summed E-state index contributed by atoms with van der Waals surface area (Å²) in [6, 6.07) is 1.30. The molecule has 1 heterocycles. The molecule has 1 fully saturated rings. The summed E-state index contributed by atoms with van der Waals surface area (Å²) in [5.74, 6) is -0.454. The summed E-state index contributed by atoms with van der Waals surface area (Å²) in [4.78, 5) is 12.7. The van der Waals surface area contributed by atoms with Crippen LogP contribution >= 0.6 is 11.3 Å². The maximum atomic E-state index is 11.8. The molecular weight excluding hydrogens is 274 g/mol. The highest BCUT2D eigenvalue weighted by atomic mass is 32.2. The zero-order valence-electron chi connectivity index (χ0n) is 10.0. The van der Waals surface area contributed by atoms with Crippen LogP contribution in [-0.4, -0.2) is 20.5 Å². The largest absolute Gasteiger partial charge is 0.458 e. The fourth-order valence-corrected chi connectivity index (χ4v) is 4.09. The Morgan fingerprint density at radius 1 is 1.44 bits per heavy atom. The number of sulfonamides is 1. The van der Waals surface area contributed by atoms with E-state index in [0.29, 0.717) is 9.75 Å². The molecule has 1 saturated carbocycles. The molecule has 18 heavy (non-hydrogen) atoms. The van der Waals surface area contributed by atoms with Crippen molar-refractivity contribution in [3.8, 4) is 0 Å². The molecular formula is C11H15NO4S2. The van der Waals surface area contributed by atoms with Crippen molar-refractivity contribution in [2.75, 3.05) is 0 Å². The molecule has 0 radical (unpaired) electrons. The molecule has 2 N–H and O–H groups in total. The van der Waals surface area contributed by atoms with E-state index in [9.17, 15) is 13.2 Å². The Bertz CT molecular complexity index is 556. The van der Waals surface area contributed by atoms with Gasteiger partial charge >= 0.3 is 5.97 Å². The Labute approximate surface area is 110 Å². The molecule has 2 rings (SSSR count). The fraction of sp³-hybridized carbons (Fsp3) is 0.545. The molecule has 0 amide bonds. The van der Waals surface area contributed by atoms with Crippen molar-refractivity contribution in [2.24, 2.45) is 5.14 Å². The maximum absolute atomic E-state index is 11.8. The van der Waals surface area contributed by atoms with Gasteiger partial charge in [0.05, 0.1) is 4.90 Å². The Morgan fingerprint density at radius 2 is 2.06 bits per heavy atom. The Morgan fingerprint density at radius 3 is 2.56 bits per heavy atom. The third-order valence-corrected chi connectivity index (χ3v) is 5.15. The van der Waals surface area contributed by atoms with Crippen molar-refractivity contribution in [3.05, 3.63) is 15.8 Å². The zero-order chi connectivity index (χ0) is 13.3. The molecule has 1 aromatic rings. The van der Waals surface area contributed by atoms with Crippen molar-refractivity contribution in [3.63, 3.8) is 0 Å². The number of primary sulfonamides is 1. The highest BCUT2D eigenvalue weighted by Gasteiger charge is 2.24. The zero-order valence-corrected chi connectivity index (χ0v) is 11.6. The van der Waals surface area contributed by atoms with E-state index in [2.05, 4.69) is 0 Å². The average Bonchev–Trinajstić information content (AvgIpc) is 2.85. The monoisotopic (exact) mass is 289 g/mol. The second-order valence-corrected chi connectivity index (χ2v) is 7.17. The molecule has 0 saturated heterocycles. The third kappa shape index (κ3) is 2.90. The standard InChI is InChI=1S/C11H15NO4S2/c1-7-10(18(12,14)15)6-9(17-7)11(13)16-8-4-2-3-5-8/h6,8H,2-5H2,1H3,(H2,12,14,15). The number of ether oxygens (including phenoxy) is 1. The lowest BCUT2D eigenvalue weighted by atomic mass is 10.3. The van der Waals surface area contributed by atoms with Crippen LogP contribution in [0.25, 0.3) is 0 Å². The lowest BCUT2D eigenvalue weighted by molar-refractivity contribution is 0.0323. The minimum absolute atomic E-state index is 0.00544. The van der Waals surface area contributed by atoms with E-state index in [1.54, 1.807) is 6.92 Å². The fourth-order valence-electron chi connectivity index (χ4n) is 2.06. The van der Waals surface area contributed by atoms with Gasteiger partial charge < -0.3 is 4.74 Å². The summed E-state index contributed by atoms with van der Waals surface area (Å²) in [7, 11) is -3.77. The van der Waals surface area contributed by atoms with E-state index in [1.165, 1.54) is 6.07 Å². The van der Waals surface area contributed by atoms with Gasteiger partial charge in [-0.3, -0.25) is 0 Å². The molecule has 0 aliphatic heterocycles. The Balaban J connectivity index is 2.16. The summed E-state index contributed by atoms with van der Waals surface area (Å²) < 4.78 is 27.8. The van der Waals surface area contributed by atoms with Crippen LogP contribution in [0, 0.1) is 6.92 Å². The number of rotatable bonds is 3. The predicted molar refractivity (Wildman–Crippen MR) is 68.1 cm³/mol. The minimum atomic E-state index is -3.77. The first kappa shape index (κ1) is 13.5. The topological polar surface area (TPSA) is 86.5 Å². The highest BCUT2D eigenvalue weighted by Crippen LogP contribution is 2.27. The molecule has 0 unspecified atom stereocenters. The first-order chi connectivity index (χ1) is 8.38. The first-order valence-electron chi connectivity index (χ1n) is 5.72. The van der Waals surface area contributed by atoms with Crippen LogP contribution in [0.3, 0.4) is 0 Å².